The molecule has 190 valence electrons. The standard InChI is InChI=1S/C28H24Cl2N2O5/c1-37-27-21(14-17(29)15-22(27)30)25(34)23-24(16-4-10-20(33)11-5-16)32(28(36)26(23)35)19-8-6-18(7-9-19)31-12-2-3-13-31/h4-11,14-15,24,33-34H,2-3,12-13H2,1H3/b25-23+. The molecule has 2 N–H and O–H groups in total. The molecule has 0 aromatic heterocycles. The Morgan fingerprint density at radius 2 is 1.57 bits per heavy atom. The molecule has 0 spiro atoms. The number of benzene rings is 3. The third kappa shape index (κ3) is 4.49. The Morgan fingerprint density at radius 3 is 2.19 bits per heavy atom. The van der Waals surface area contributed by atoms with Gasteiger partial charge in [0.2, 0.25) is 0 Å². The largest absolute Gasteiger partial charge is 0.508 e. The van der Waals surface area contributed by atoms with Gasteiger partial charge in [0.1, 0.15) is 17.3 Å². The Morgan fingerprint density at radius 1 is 0.946 bits per heavy atom. The lowest BCUT2D eigenvalue weighted by Gasteiger charge is -2.26. The van der Waals surface area contributed by atoms with Crippen LogP contribution in [-0.4, -0.2) is 42.1 Å². The minimum absolute atomic E-state index is 0.0268. The summed E-state index contributed by atoms with van der Waals surface area (Å²) < 4.78 is 5.37. The van der Waals surface area contributed by atoms with E-state index in [2.05, 4.69) is 4.90 Å². The van der Waals surface area contributed by atoms with Gasteiger partial charge in [-0.2, -0.15) is 0 Å². The number of aliphatic hydroxyl groups excluding tert-OH is 1. The summed E-state index contributed by atoms with van der Waals surface area (Å²) in [5.74, 6) is -1.97. The molecule has 2 aliphatic heterocycles. The Bertz CT molecular complexity index is 1400. The molecule has 0 saturated carbocycles. The first-order chi connectivity index (χ1) is 17.8. The van der Waals surface area contributed by atoms with Crippen LogP contribution in [0.3, 0.4) is 0 Å². The van der Waals surface area contributed by atoms with Gasteiger partial charge >= 0.3 is 0 Å². The fourth-order valence-electron chi connectivity index (χ4n) is 4.96. The summed E-state index contributed by atoms with van der Waals surface area (Å²) in [5.41, 5.74) is 2.01. The van der Waals surface area contributed by atoms with Crippen molar-refractivity contribution in [2.24, 2.45) is 0 Å². The molecular formula is C28H24Cl2N2O5. The Kier molecular flexibility index (Phi) is 6.75. The number of amides is 1. The average molecular weight is 539 g/mol. The van der Waals surface area contributed by atoms with Gasteiger partial charge in [0.05, 0.1) is 29.3 Å². The molecule has 2 aliphatic rings. The summed E-state index contributed by atoms with van der Waals surface area (Å²) in [7, 11) is 1.38. The number of ether oxygens (including phenoxy) is 1. The number of aliphatic hydroxyl groups is 1. The van der Waals surface area contributed by atoms with Crippen molar-refractivity contribution >= 4 is 52.0 Å². The Hall–Kier alpha value is -3.68. The number of Topliss-reactive ketones (excluding diaryl/α,β-unsaturated/α-hetero) is 1. The van der Waals surface area contributed by atoms with Crippen molar-refractivity contribution in [2.75, 3.05) is 30.0 Å². The lowest BCUT2D eigenvalue weighted by atomic mass is 9.94. The van der Waals surface area contributed by atoms with Crippen molar-refractivity contribution in [3.63, 3.8) is 0 Å². The normalized spacial score (nSPS) is 19.1. The minimum Gasteiger partial charge on any atom is -0.508 e. The lowest BCUT2D eigenvalue weighted by molar-refractivity contribution is -0.132. The van der Waals surface area contributed by atoms with E-state index in [-0.39, 0.29) is 32.7 Å². The van der Waals surface area contributed by atoms with Gasteiger partial charge in [-0.25, -0.2) is 0 Å². The van der Waals surface area contributed by atoms with Gasteiger partial charge in [-0.3, -0.25) is 14.5 Å². The number of rotatable bonds is 5. The second-order valence-electron chi connectivity index (χ2n) is 8.94. The number of aromatic hydroxyl groups is 1. The van der Waals surface area contributed by atoms with Crippen LogP contribution in [0.1, 0.15) is 30.0 Å². The van der Waals surface area contributed by atoms with Gasteiger partial charge in [0.25, 0.3) is 11.7 Å². The van der Waals surface area contributed by atoms with E-state index in [1.54, 1.807) is 24.3 Å². The third-order valence-electron chi connectivity index (χ3n) is 6.72. The van der Waals surface area contributed by atoms with E-state index in [4.69, 9.17) is 27.9 Å². The molecule has 5 rings (SSSR count). The summed E-state index contributed by atoms with van der Waals surface area (Å²) in [5, 5.41) is 21.6. The van der Waals surface area contributed by atoms with Crippen molar-refractivity contribution in [3.05, 3.63) is 87.4 Å². The van der Waals surface area contributed by atoms with Crippen molar-refractivity contribution in [3.8, 4) is 11.5 Å². The lowest BCUT2D eigenvalue weighted by Crippen LogP contribution is -2.29. The van der Waals surface area contributed by atoms with E-state index in [1.807, 2.05) is 12.1 Å². The molecule has 0 aliphatic carbocycles. The molecular weight excluding hydrogens is 515 g/mol. The molecule has 3 aromatic carbocycles. The van der Waals surface area contributed by atoms with Crippen LogP contribution < -0.4 is 14.5 Å². The summed E-state index contributed by atoms with van der Waals surface area (Å²) in [4.78, 5) is 30.5. The van der Waals surface area contributed by atoms with Crippen molar-refractivity contribution in [2.45, 2.75) is 18.9 Å². The van der Waals surface area contributed by atoms with Crippen LogP contribution in [0.5, 0.6) is 11.5 Å². The van der Waals surface area contributed by atoms with E-state index >= 15 is 0 Å². The monoisotopic (exact) mass is 538 g/mol. The molecule has 37 heavy (non-hydrogen) atoms. The molecule has 1 unspecified atom stereocenters. The number of carbonyl (C=O) groups excluding carboxylic acids is 2. The van der Waals surface area contributed by atoms with E-state index < -0.39 is 23.5 Å². The zero-order valence-electron chi connectivity index (χ0n) is 19.9. The number of carbonyl (C=O) groups is 2. The zero-order valence-corrected chi connectivity index (χ0v) is 21.5. The molecule has 0 bridgehead atoms. The number of anilines is 2. The maximum atomic E-state index is 13.4. The summed E-state index contributed by atoms with van der Waals surface area (Å²) in [6.45, 7) is 1.95. The predicted octanol–water partition coefficient (Wildman–Crippen LogP) is 5.93. The highest BCUT2D eigenvalue weighted by Crippen LogP contribution is 2.45. The second kappa shape index (κ2) is 10.00. The number of hydrogen-bond donors (Lipinski definition) is 2. The maximum Gasteiger partial charge on any atom is 0.300 e. The third-order valence-corrected chi connectivity index (χ3v) is 7.22. The highest BCUT2D eigenvalue weighted by atomic mass is 35.5. The summed E-state index contributed by atoms with van der Waals surface area (Å²) in [6.07, 6.45) is 2.27. The van der Waals surface area contributed by atoms with E-state index in [9.17, 15) is 19.8 Å². The summed E-state index contributed by atoms with van der Waals surface area (Å²) >= 11 is 12.5. The first-order valence-corrected chi connectivity index (χ1v) is 12.5. The first-order valence-electron chi connectivity index (χ1n) is 11.8. The van der Waals surface area contributed by atoms with Crippen LogP contribution in [0.15, 0.2) is 66.2 Å². The quantitative estimate of drug-likeness (QED) is 0.237. The van der Waals surface area contributed by atoms with E-state index in [0.717, 1.165) is 31.6 Å². The van der Waals surface area contributed by atoms with Gasteiger partial charge in [-0.15, -0.1) is 0 Å². The molecule has 0 radical (unpaired) electrons. The van der Waals surface area contributed by atoms with Crippen LogP contribution in [0, 0.1) is 0 Å². The minimum atomic E-state index is -0.972. The second-order valence-corrected chi connectivity index (χ2v) is 9.78. The first kappa shape index (κ1) is 25.0. The molecule has 2 saturated heterocycles. The van der Waals surface area contributed by atoms with Gasteiger partial charge in [0.15, 0.2) is 0 Å². The maximum absolute atomic E-state index is 13.4. The molecule has 1 atom stereocenters. The van der Waals surface area contributed by atoms with Gasteiger partial charge in [-0.05, 0) is 66.9 Å². The van der Waals surface area contributed by atoms with Crippen LogP contribution >= 0.6 is 23.2 Å². The number of methoxy groups -OCH3 is 1. The molecule has 3 aromatic rings. The Labute approximate surface area is 224 Å². The fourth-order valence-corrected chi connectivity index (χ4v) is 5.53. The molecule has 2 heterocycles. The smallest absolute Gasteiger partial charge is 0.300 e. The zero-order chi connectivity index (χ0) is 26.3. The van der Waals surface area contributed by atoms with Crippen LogP contribution in [-0.2, 0) is 9.59 Å². The van der Waals surface area contributed by atoms with Crippen molar-refractivity contribution < 1.29 is 24.5 Å². The number of hydrogen-bond acceptors (Lipinski definition) is 6. The van der Waals surface area contributed by atoms with Crippen LogP contribution in [0.4, 0.5) is 11.4 Å². The molecule has 9 heteroatoms. The highest BCUT2D eigenvalue weighted by Gasteiger charge is 2.47. The van der Waals surface area contributed by atoms with Crippen molar-refractivity contribution in [1.82, 2.24) is 0 Å². The van der Waals surface area contributed by atoms with E-state index in [1.165, 1.54) is 36.3 Å². The van der Waals surface area contributed by atoms with Crippen molar-refractivity contribution in [1.29, 1.82) is 0 Å². The fraction of sp³-hybridized carbons (Fsp3) is 0.214. The van der Waals surface area contributed by atoms with Crippen LogP contribution in [0.25, 0.3) is 5.76 Å². The van der Waals surface area contributed by atoms with Gasteiger partial charge in [0, 0.05) is 29.5 Å². The SMILES string of the molecule is COc1c(Cl)cc(Cl)cc1/C(O)=C1\C(=O)C(=O)N(c2ccc(N3CCCC3)cc2)C1c1ccc(O)cc1. The number of ketones is 1. The van der Waals surface area contributed by atoms with Crippen LogP contribution in [0.2, 0.25) is 10.0 Å². The molecule has 1 amide bonds. The average Bonchev–Trinajstić information content (AvgIpc) is 3.51. The topological polar surface area (TPSA) is 90.3 Å². The number of halogens is 2. The number of phenols is 1. The molecule has 7 nitrogen and oxygen atoms in total. The van der Waals surface area contributed by atoms with Gasteiger partial charge < -0.3 is 19.8 Å². The van der Waals surface area contributed by atoms with Gasteiger partial charge in [-0.1, -0.05) is 35.3 Å². The number of phenolic OH excluding ortho intramolecular Hbond substituents is 1. The summed E-state index contributed by atoms with van der Waals surface area (Å²) in [6, 6.07) is 15.5. The molecule has 2 fully saturated rings. The predicted molar refractivity (Wildman–Crippen MR) is 144 cm³/mol. The Balaban J connectivity index is 1.67. The van der Waals surface area contributed by atoms with E-state index in [0.29, 0.717) is 11.3 Å². The highest BCUT2D eigenvalue weighted by molar-refractivity contribution is 6.52. The number of nitrogens with zero attached hydrogens (tertiary/aromatic N) is 2.